The lowest BCUT2D eigenvalue weighted by Crippen LogP contribution is -2.13. The van der Waals surface area contributed by atoms with Gasteiger partial charge in [0.05, 0.1) is 0 Å². The van der Waals surface area contributed by atoms with Crippen LogP contribution < -0.4 is 5.32 Å². The maximum atomic E-state index is 12.0. The number of halogens is 1. The standard InChI is InChI=1S/C14H11ClNO/c1-10-7-8-11(15)9-13(10)14(17)16-12-5-3-2-4-6-12/h2-9H,1H2,(H,16,17). The normalized spacial score (nSPS) is 10.0. The van der Waals surface area contributed by atoms with Gasteiger partial charge in [-0.25, -0.2) is 0 Å². The number of benzene rings is 2. The summed E-state index contributed by atoms with van der Waals surface area (Å²) >= 11 is 5.86. The Bertz CT molecular complexity index is 537. The molecular weight excluding hydrogens is 234 g/mol. The van der Waals surface area contributed by atoms with E-state index >= 15 is 0 Å². The number of amides is 1. The summed E-state index contributed by atoms with van der Waals surface area (Å²) in [7, 11) is 0. The van der Waals surface area contributed by atoms with Gasteiger partial charge in [-0.1, -0.05) is 35.9 Å². The highest BCUT2D eigenvalue weighted by molar-refractivity contribution is 6.31. The summed E-state index contributed by atoms with van der Waals surface area (Å²) in [6.45, 7) is 3.80. The number of nitrogens with one attached hydrogen (secondary N) is 1. The summed E-state index contributed by atoms with van der Waals surface area (Å²) in [5.41, 5.74) is 1.89. The zero-order chi connectivity index (χ0) is 12.3. The van der Waals surface area contributed by atoms with Gasteiger partial charge in [0.1, 0.15) is 0 Å². The molecule has 2 aromatic rings. The van der Waals surface area contributed by atoms with Crippen molar-refractivity contribution in [3.8, 4) is 0 Å². The van der Waals surface area contributed by atoms with Gasteiger partial charge in [0.25, 0.3) is 5.91 Å². The van der Waals surface area contributed by atoms with Gasteiger partial charge in [0, 0.05) is 16.3 Å². The monoisotopic (exact) mass is 244 g/mol. The highest BCUT2D eigenvalue weighted by atomic mass is 35.5. The van der Waals surface area contributed by atoms with Crippen molar-refractivity contribution in [1.82, 2.24) is 0 Å². The maximum Gasteiger partial charge on any atom is 0.255 e. The van der Waals surface area contributed by atoms with Crippen LogP contribution in [-0.4, -0.2) is 5.91 Å². The van der Waals surface area contributed by atoms with Crippen molar-refractivity contribution in [1.29, 1.82) is 0 Å². The molecule has 0 heterocycles. The maximum absolute atomic E-state index is 12.0. The summed E-state index contributed by atoms with van der Waals surface area (Å²) in [5, 5.41) is 3.31. The van der Waals surface area contributed by atoms with Crippen molar-refractivity contribution in [3.63, 3.8) is 0 Å². The Hall–Kier alpha value is -1.80. The number of para-hydroxylation sites is 1. The van der Waals surface area contributed by atoms with Crippen LogP contribution in [-0.2, 0) is 0 Å². The molecule has 0 spiro atoms. The molecular formula is C14H11ClNO. The molecule has 0 unspecified atom stereocenters. The van der Waals surface area contributed by atoms with Gasteiger partial charge in [-0.3, -0.25) is 4.79 Å². The van der Waals surface area contributed by atoms with E-state index in [9.17, 15) is 4.79 Å². The third kappa shape index (κ3) is 2.86. The minimum absolute atomic E-state index is 0.205. The van der Waals surface area contributed by atoms with E-state index in [-0.39, 0.29) is 5.91 Å². The second-order valence-corrected chi connectivity index (χ2v) is 4.06. The minimum Gasteiger partial charge on any atom is -0.322 e. The molecule has 2 aromatic carbocycles. The number of rotatable bonds is 2. The molecule has 0 fully saturated rings. The van der Waals surface area contributed by atoms with E-state index in [2.05, 4.69) is 12.2 Å². The van der Waals surface area contributed by atoms with Gasteiger partial charge in [-0.15, -0.1) is 0 Å². The molecule has 0 aliphatic rings. The number of hydrogen-bond donors (Lipinski definition) is 1. The van der Waals surface area contributed by atoms with Crippen molar-refractivity contribution >= 4 is 23.2 Å². The topological polar surface area (TPSA) is 29.1 Å². The highest BCUT2D eigenvalue weighted by Crippen LogP contribution is 2.17. The number of carbonyl (C=O) groups is 1. The molecule has 0 atom stereocenters. The van der Waals surface area contributed by atoms with E-state index in [4.69, 9.17) is 11.6 Å². The molecule has 1 radical (unpaired) electrons. The number of hydrogen-bond acceptors (Lipinski definition) is 1. The lowest BCUT2D eigenvalue weighted by atomic mass is 10.1. The molecule has 2 rings (SSSR count). The van der Waals surface area contributed by atoms with Crippen LogP contribution in [0.15, 0.2) is 48.5 Å². The zero-order valence-corrected chi connectivity index (χ0v) is 9.87. The van der Waals surface area contributed by atoms with E-state index in [0.717, 1.165) is 5.69 Å². The summed E-state index contributed by atoms with van der Waals surface area (Å²) < 4.78 is 0. The molecule has 2 nitrogen and oxygen atoms in total. The first-order valence-corrected chi connectivity index (χ1v) is 5.52. The quantitative estimate of drug-likeness (QED) is 0.856. The second kappa shape index (κ2) is 5.02. The first kappa shape index (κ1) is 11.7. The third-order valence-electron chi connectivity index (χ3n) is 2.35. The Kier molecular flexibility index (Phi) is 3.45. The van der Waals surface area contributed by atoms with Crippen LogP contribution in [0, 0.1) is 6.92 Å². The smallest absolute Gasteiger partial charge is 0.255 e. The van der Waals surface area contributed by atoms with E-state index in [1.165, 1.54) is 0 Å². The van der Waals surface area contributed by atoms with Crippen molar-refractivity contribution in [2.75, 3.05) is 5.32 Å². The van der Waals surface area contributed by atoms with E-state index < -0.39 is 0 Å². The lowest BCUT2D eigenvalue weighted by Gasteiger charge is -2.07. The Labute approximate surface area is 105 Å². The average molecular weight is 245 g/mol. The average Bonchev–Trinajstić information content (AvgIpc) is 2.33. The minimum atomic E-state index is -0.205. The number of anilines is 1. The van der Waals surface area contributed by atoms with E-state index in [1.807, 2.05) is 30.3 Å². The molecule has 0 bridgehead atoms. The molecule has 1 N–H and O–H groups in total. The molecule has 0 aliphatic heterocycles. The molecule has 0 saturated carbocycles. The van der Waals surface area contributed by atoms with Crippen molar-refractivity contribution in [2.45, 2.75) is 0 Å². The predicted octanol–water partition coefficient (Wildman–Crippen LogP) is 3.77. The first-order chi connectivity index (χ1) is 8.16. The fourth-order valence-electron chi connectivity index (χ4n) is 1.48. The fraction of sp³-hybridized carbons (Fsp3) is 0. The molecule has 3 heteroatoms. The van der Waals surface area contributed by atoms with Gasteiger partial charge < -0.3 is 5.32 Å². The Morgan fingerprint density at radius 1 is 1.12 bits per heavy atom. The summed E-state index contributed by atoms with van der Waals surface area (Å²) in [5.74, 6) is -0.205. The van der Waals surface area contributed by atoms with Gasteiger partial charge in [0.2, 0.25) is 0 Å². The van der Waals surface area contributed by atoms with Crippen LogP contribution in [0.25, 0.3) is 0 Å². The van der Waals surface area contributed by atoms with Crippen LogP contribution in [0.5, 0.6) is 0 Å². The van der Waals surface area contributed by atoms with Gasteiger partial charge in [0.15, 0.2) is 0 Å². The molecule has 0 saturated heterocycles. The Morgan fingerprint density at radius 3 is 2.53 bits per heavy atom. The predicted molar refractivity (Wildman–Crippen MR) is 70.3 cm³/mol. The fourth-order valence-corrected chi connectivity index (χ4v) is 1.65. The second-order valence-electron chi connectivity index (χ2n) is 3.62. The Balaban J connectivity index is 2.23. The van der Waals surface area contributed by atoms with Crippen LogP contribution in [0.3, 0.4) is 0 Å². The highest BCUT2D eigenvalue weighted by Gasteiger charge is 2.09. The SMILES string of the molecule is [CH2]c1ccc(Cl)cc1C(=O)Nc1ccccc1. The van der Waals surface area contributed by atoms with Crippen LogP contribution in [0.4, 0.5) is 5.69 Å². The van der Waals surface area contributed by atoms with Crippen LogP contribution in [0.2, 0.25) is 5.02 Å². The first-order valence-electron chi connectivity index (χ1n) is 5.15. The van der Waals surface area contributed by atoms with Crippen molar-refractivity contribution < 1.29 is 4.79 Å². The largest absolute Gasteiger partial charge is 0.322 e. The molecule has 1 amide bonds. The number of carbonyl (C=O) groups excluding carboxylic acids is 1. The molecule has 85 valence electrons. The van der Waals surface area contributed by atoms with Gasteiger partial charge in [-0.2, -0.15) is 0 Å². The third-order valence-corrected chi connectivity index (χ3v) is 2.58. The Morgan fingerprint density at radius 2 is 1.82 bits per heavy atom. The molecule has 17 heavy (non-hydrogen) atoms. The summed E-state index contributed by atoms with van der Waals surface area (Å²) in [6.07, 6.45) is 0. The van der Waals surface area contributed by atoms with Crippen molar-refractivity contribution in [2.24, 2.45) is 0 Å². The molecule has 0 aromatic heterocycles. The summed E-state index contributed by atoms with van der Waals surface area (Å²) in [4.78, 5) is 12.0. The zero-order valence-electron chi connectivity index (χ0n) is 9.11. The molecule has 0 aliphatic carbocycles. The van der Waals surface area contributed by atoms with Gasteiger partial charge >= 0.3 is 0 Å². The van der Waals surface area contributed by atoms with Gasteiger partial charge in [-0.05, 0) is 36.8 Å². The van der Waals surface area contributed by atoms with E-state index in [0.29, 0.717) is 16.1 Å². The van der Waals surface area contributed by atoms with E-state index in [1.54, 1.807) is 18.2 Å². The lowest BCUT2D eigenvalue weighted by molar-refractivity contribution is 0.102. The summed E-state index contributed by atoms with van der Waals surface area (Å²) in [6, 6.07) is 14.3. The van der Waals surface area contributed by atoms with Crippen LogP contribution in [0.1, 0.15) is 15.9 Å². The van der Waals surface area contributed by atoms with Crippen LogP contribution >= 0.6 is 11.6 Å². The van der Waals surface area contributed by atoms with Crippen molar-refractivity contribution in [3.05, 3.63) is 71.6 Å².